The average molecular weight is 324 g/mol. The van der Waals surface area contributed by atoms with E-state index in [-0.39, 0.29) is 5.91 Å². The second kappa shape index (κ2) is 7.49. The van der Waals surface area contributed by atoms with Gasteiger partial charge in [-0.1, -0.05) is 25.1 Å². The van der Waals surface area contributed by atoms with Gasteiger partial charge in [0.15, 0.2) is 0 Å². The molecule has 0 atom stereocenters. The highest BCUT2D eigenvalue weighted by Gasteiger charge is 2.19. The van der Waals surface area contributed by atoms with Crippen LogP contribution in [0.5, 0.6) is 5.75 Å². The molecular formula is C20H24N2O2. The molecule has 24 heavy (non-hydrogen) atoms. The second-order valence-corrected chi connectivity index (χ2v) is 6.19. The molecule has 0 aliphatic carbocycles. The minimum absolute atomic E-state index is 0.0330. The number of ether oxygens (including phenoxy) is 1. The SMILES string of the molecule is CCc1ccc(NC(=O)CN2CCc3ccc(OC)cc3C2)cc1. The van der Waals surface area contributed by atoms with Crippen molar-refractivity contribution in [2.75, 3.05) is 25.5 Å². The number of nitrogens with zero attached hydrogens (tertiary/aromatic N) is 1. The monoisotopic (exact) mass is 324 g/mol. The number of amides is 1. The van der Waals surface area contributed by atoms with E-state index in [1.165, 1.54) is 16.7 Å². The highest BCUT2D eigenvalue weighted by molar-refractivity contribution is 5.92. The Kier molecular flexibility index (Phi) is 5.16. The van der Waals surface area contributed by atoms with Crippen molar-refractivity contribution in [2.24, 2.45) is 0 Å². The van der Waals surface area contributed by atoms with E-state index in [0.717, 1.165) is 37.4 Å². The molecule has 4 nitrogen and oxygen atoms in total. The van der Waals surface area contributed by atoms with Crippen molar-refractivity contribution in [3.8, 4) is 5.75 Å². The third-order valence-electron chi connectivity index (χ3n) is 4.52. The van der Waals surface area contributed by atoms with Gasteiger partial charge in [-0.25, -0.2) is 0 Å². The lowest BCUT2D eigenvalue weighted by Gasteiger charge is -2.28. The summed E-state index contributed by atoms with van der Waals surface area (Å²) in [5, 5.41) is 2.98. The summed E-state index contributed by atoms with van der Waals surface area (Å²) in [5.41, 5.74) is 4.73. The Balaban J connectivity index is 1.58. The minimum Gasteiger partial charge on any atom is -0.497 e. The van der Waals surface area contributed by atoms with Crippen molar-refractivity contribution in [1.82, 2.24) is 4.90 Å². The molecular weight excluding hydrogens is 300 g/mol. The summed E-state index contributed by atoms with van der Waals surface area (Å²) in [7, 11) is 1.68. The van der Waals surface area contributed by atoms with Crippen molar-refractivity contribution in [1.29, 1.82) is 0 Å². The van der Waals surface area contributed by atoms with Crippen LogP contribution in [-0.2, 0) is 24.2 Å². The van der Waals surface area contributed by atoms with E-state index in [0.29, 0.717) is 6.54 Å². The van der Waals surface area contributed by atoms with Crippen LogP contribution in [0.3, 0.4) is 0 Å². The van der Waals surface area contributed by atoms with Crippen LogP contribution < -0.4 is 10.1 Å². The summed E-state index contributed by atoms with van der Waals surface area (Å²) >= 11 is 0. The molecule has 0 unspecified atom stereocenters. The van der Waals surface area contributed by atoms with Crippen molar-refractivity contribution >= 4 is 11.6 Å². The number of hydrogen-bond acceptors (Lipinski definition) is 3. The van der Waals surface area contributed by atoms with Gasteiger partial charge in [-0.2, -0.15) is 0 Å². The van der Waals surface area contributed by atoms with Gasteiger partial charge in [0, 0.05) is 18.8 Å². The fourth-order valence-corrected chi connectivity index (χ4v) is 3.08. The Morgan fingerprint density at radius 1 is 1.17 bits per heavy atom. The first-order valence-electron chi connectivity index (χ1n) is 8.45. The number of carbonyl (C=O) groups is 1. The van der Waals surface area contributed by atoms with Crippen LogP contribution in [0.2, 0.25) is 0 Å². The zero-order valence-corrected chi connectivity index (χ0v) is 14.3. The molecule has 1 N–H and O–H groups in total. The van der Waals surface area contributed by atoms with Crippen LogP contribution >= 0.6 is 0 Å². The average Bonchev–Trinajstić information content (AvgIpc) is 2.61. The van der Waals surface area contributed by atoms with Crippen LogP contribution in [0.1, 0.15) is 23.6 Å². The summed E-state index contributed by atoms with van der Waals surface area (Å²) in [6.45, 7) is 4.22. The van der Waals surface area contributed by atoms with Gasteiger partial charge in [-0.3, -0.25) is 9.69 Å². The highest BCUT2D eigenvalue weighted by Crippen LogP contribution is 2.23. The number of hydrogen-bond donors (Lipinski definition) is 1. The lowest BCUT2D eigenvalue weighted by molar-refractivity contribution is -0.117. The Hall–Kier alpha value is -2.33. The number of benzene rings is 2. The van der Waals surface area contributed by atoms with Crippen LogP contribution in [-0.4, -0.2) is 31.0 Å². The van der Waals surface area contributed by atoms with Crippen LogP contribution in [0.4, 0.5) is 5.69 Å². The zero-order chi connectivity index (χ0) is 16.9. The first kappa shape index (κ1) is 16.5. The molecule has 0 bridgehead atoms. The zero-order valence-electron chi connectivity index (χ0n) is 14.3. The first-order chi connectivity index (χ1) is 11.7. The standard InChI is InChI=1S/C20H24N2O2/c1-3-15-4-7-18(8-5-15)21-20(23)14-22-11-10-16-6-9-19(24-2)12-17(16)13-22/h4-9,12H,3,10-11,13-14H2,1-2H3,(H,21,23). The second-order valence-electron chi connectivity index (χ2n) is 6.19. The van der Waals surface area contributed by atoms with Gasteiger partial charge in [0.1, 0.15) is 5.75 Å². The molecule has 1 aliphatic heterocycles. The van der Waals surface area contributed by atoms with E-state index in [1.54, 1.807) is 7.11 Å². The predicted molar refractivity (Wildman–Crippen MR) is 96.4 cm³/mol. The molecule has 0 saturated heterocycles. The number of methoxy groups -OCH3 is 1. The summed E-state index contributed by atoms with van der Waals surface area (Å²) < 4.78 is 5.30. The molecule has 2 aromatic rings. The molecule has 1 aliphatic rings. The van der Waals surface area contributed by atoms with E-state index >= 15 is 0 Å². The molecule has 0 aromatic heterocycles. The van der Waals surface area contributed by atoms with Crippen LogP contribution in [0.25, 0.3) is 0 Å². The van der Waals surface area contributed by atoms with Gasteiger partial charge in [0.2, 0.25) is 5.91 Å². The number of carbonyl (C=O) groups excluding carboxylic acids is 1. The number of anilines is 1. The summed E-state index contributed by atoms with van der Waals surface area (Å²) in [6, 6.07) is 14.2. The number of fused-ring (bicyclic) bond motifs is 1. The first-order valence-corrected chi connectivity index (χ1v) is 8.45. The Morgan fingerprint density at radius 2 is 1.96 bits per heavy atom. The summed E-state index contributed by atoms with van der Waals surface area (Å²) in [5.74, 6) is 0.904. The van der Waals surface area contributed by atoms with Gasteiger partial charge >= 0.3 is 0 Å². The molecule has 0 radical (unpaired) electrons. The number of rotatable bonds is 5. The minimum atomic E-state index is 0.0330. The van der Waals surface area contributed by atoms with E-state index in [2.05, 4.69) is 41.4 Å². The van der Waals surface area contributed by atoms with E-state index in [9.17, 15) is 4.79 Å². The van der Waals surface area contributed by atoms with Gasteiger partial charge < -0.3 is 10.1 Å². The molecule has 3 rings (SSSR count). The predicted octanol–water partition coefficient (Wildman–Crippen LogP) is 3.25. The van der Waals surface area contributed by atoms with Gasteiger partial charge in [-0.05, 0) is 53.8 Å². The maximum Gasteiger partial charge on any atom is 0.238 e. The topological polar surface area (TPSA) is 41.6 Å². The molecule has 0 fully saturated rings. The molecule has 1 heterocycles. The molecule has 0 spiro atoms. The maximum atomic E-state index is 12.3. The van der Waals surface area contributed by atoms with Crippen LogP contribution in [0, 0.1) is 0 Å². The molecule has 4 heteroatoms. The lowest BCUT2D eigenvalue weighted by Crippen LogP contribution is -2.37. The maximum absolute atomic E-state index is 12.3. The van der Waals surface area contributed by atoms with Crippen molar-refractivity contribution < 1.29 is 9.53 Å². The van der Waals surface area contributed by atoms with E-state index in [1.807, 2.05) is 18.2 Å². The Bertz CT molecular complexity index is 710. The fourth-order valence-electron chi connectivity index (χ4n) is 3.08. The quantitative estimate of drug-likeness (QED) is 0.918. The Morgan fingerprint density at radius 3 is 2.67 bits per heavy atom. The van der Waals surface area contributed by atoms with Crippen molar-refractivity contribution in [3.05, 3.63) is 59.2 Å². The molecule has 2 aromatic carbocycles. The molecule has 0 saturated carbocycles. The highest BCUT2D eigenvalue weighted by atomic mass is 16.5. The van der Waals surface area contributed by atoms with Gasteiger partial charge in [0.05, 0.1) is 13.7 Å². The Labute approximate surface area is 143 Å². The fraction of sp³-hybridized carbons (Fsp3) is 0.350. The molecule has 1 amide bonds. The molecule has 126 valence electrons. The normalized spacial score (nSPS) is 14.1. The van der Waals surface area contributed by atoms with Crippen molar-refractivity contribution in [2.45, 2.75) is 26.3 Å². The lowest BCUT2D eigenvalue weighted by atomic mass is 9.99. The summed E-state index contributed by atoms with van der Waals surface area (Å²) in [4.78, 5) is 14.5. The number of aryl methyl sites for hydroxylation is 1. The smallest absolute Gasteiger partial charge is 0.238 e. The summed E-state index contributed by atoms with van der Waals surface area (Å²) in [6.07, 6.45) is 1.97. The van der Waals surface area contributed by atoms with Crippen LogP contribution in [0.15, 0.2) is 42.5 Å². The largest absolute Gasteiger partial charge is 0.497 e. The van der Waals surface area contributed by atoms with E-state index < -0.39 is 0 Å². The number of nitrogens with one attached hydrogen (secondary N) is 1. The van der Waals surface area contributed by atoms with E-state index in [4.69, 9.17) is 4.74 Å². The van der Waals surface area contributed by atoms with Gasteiger partial charge in [0.25, 0.3) is 0 Å². The van der Waals surface area contributed by atoms with Crippen molar-refractivity contribution in [3.63, 3.8) is 0 Å². The van der Waals surface area contributed by atoms with Gasteiger partial charge in [-0.15, -0.1) is 0 Å². The third-order valence-corrected chi connectivity index (χ3v) is 4.52. The third kappa shape index (κ3) is 3.95.